The molecule has 6 nitrogen and oxygen atoms in total. The number of carboxylic acids is 1. The second kappa shape index (κ2) is 11.2. The molecule has 0 aromatic heterocycles. The maximum Gasteiger partial charge on any atom is 0.250 e. The Morgan fingerprint density at radius 1 is 1.19 bits per heavy atom. The third kappa shape index (κ3) is 6.94. The van der Waals surface area contributed by atoms with Gasteiger partial charge >= 0.3 is 0 Å². The molecule has 0 spiro atoms. The first-order valence-electron chi connectivity index (χ1n) is 8.96. The summed E-state index contributed by atoms with van der Waals surface area (Å²) in [4.78, 5) is 23.5. The summed E-state index contributed by atoms with van der Waals surface area (Å²) in [6.07, 6.45) is 4.92. The second-order valence-electron chi connectivity index (χ2n) is 6.92. The van der Waals surface area contributed by atoms with Gasteiger partial charge in [-0.3, -0.25) is 4.79 Å². The molecular weight excluding hydrogens is 356 g/mol. The quantitative estimate of drug-likeness (QED) is 0.606. The zero-order valence-corrected chi connectivity index (χ0v) is 15.6. The number of amides is 1. The monoisotopic (exact) mass is 383 g/mol. The van der Waals surface area contributed by atoms with Gasteiger partial charge in [-0.25, -0.2) is 0 Å². The first-order chi connectivity index (χ1) is 12.0. The van der Waals surface area contributed by atoms with Crippen LogP contribution in [0, 0.1) is 5.92 Å². The zero-order valence-electron chi connectivity index (χ0n) is 14.8. The van der Waals surface area contributed by atoms with Gasteiger partial charge in [0.2, 0.25) is 0 Å². The number of carbonyl (C=O) groups excluding carboxylic acids is 2. The molecular formula is C19H28ClN2O4-. The van der Waals surface area contributed by atoms with Crippen LogP contribution in [0.4, 0.5) is 0 Å². The van der Waals surface area contributed by atoms with Crippen molar-refractivity contribution in [3.8, 4) is 0 Å². The van der Waals surface area contributed by atoms with E-state index in [1.165, 1.54) is 6.42 Å². The number of benzene rings is 1. The van der Waals surface area contributed by atoms with E-state index in [0.717, 1.165) is 31.2 Å². The SMILES string of the molecule is Cl.NC(CC1CCCCC1)C(O)C(=O)NC(Cc1ccccc1)C(=O)[O-]. The molecule has 3 unspecified atom stereocenters. The number of nitrogens with one attached hydrogen (secondary N) is 1. The number of carbonyl (C=O) groups is 2. The average molecular weight is 384 g/mol. The van der Waals surface area contributed by atoms with Crippen LogP contribution in [-0.4, -0.2) is 35.2 Å². The molecule has 1 aliphatic carbocycles. The Labute approximate surface area is 160 Å². The van der Waals surface area contributed by atoms with Gasteiger partial charge in [0.25, 0.3) is 5.91 Å². The Morgan fingerprint density at radius 3 is 2.38 bits per heavy atom. The molecule has 1 fully saturated rings. The third-order valence-electron chi connectivity index (χ3n) is 4.89. The summed E-state index contributed by atoms with van der Waals surface area (Å²) in [6, 6.07) is 7.05. The van der Waals surface area contributed by atoms with Crippen molar-refractivity contribution in [3.63, 3.8) is 0 Å². The molecule has 2 rings (SSSR count). The average Bonchev–Trinajstić information content (AvgIpc) is 2.62. The molecule has 0 bridgehead atoms. The van der Waals surface area contributed by atoms with Gasteiger partial charge in [-0.15, -0.1) is 12.4 Å². The molecule has 0 saturated heterocycles. The Hall–Kier alpha value is -1.63. The van der Waals surface area contributed by atoms with Gasteiger partial charge in [0.15, 0.2) is 0 Å². The normalized spacial score (nSPS) is 18.2. The highest BCUT2D eigenvalue weighted by Crippen LogP contribution is 2.27. The number of rotatable bonds is 8. The number of halogens is 1. The fourth-order valence-electron chi connectivity index (χ4n) is 3.43. The smallest absolute Gasteiger partial charge is 0.250 e. The lowest BCUT2D eigenvalue weighted by Gasteiger charge is -2.28. The Morgan fingerprint density at radius 2 is 1.81 bits per heavy atom. The number of nitrogens with two attached hydrogens (primary N) is 1. The molecule has 26 heavy (non-hydrogen) atoms. The van der Waals surface area contributed by atoms with Gasteiger partial charge in [0.1, 0.15) is 6.10 Å². The summed E-state index contributed by atoms with van der Waals surface area (Å²) in [6.45, 7) is 0. The van der Waals surface area contributed by atoms with Gasteiger partial charge in [-0.1, -0.05) is 62.4 Å². The van der Waals surface area contributed by atoms with Crippen LogP contribution < -0.4 is 16.2 Å². The molecule has 1 amide bonds. The molecule has 0 radical (unpaired) electrons. The Bertz CT molecular complexity index is 564. The van der Waals surface area contributed by atoms with E-state index in [9.17, 15) is 19.8 Å². The van der Waals surface area contributed by atoms with Crippen molar-refractivity contribution in [2.75, 3.05) is 0 Å². The van der Waals surface area contributed by atoms with E-state index in [0.29, 0.717) is 12.3 Å². The van der Waals surface area contributed by atoms with Crippen molar-refractivity contribution >= 4 is 24.3 Å². The molecule has 146 valence electrons. The maximum absolute atomic E-state index is 12.2. The molecule has 1 aromatic rings. The minimum absolute atomic E-state index is 0. The van der Waals surface area contributed by atoms with Crippen LogP contribution in [0.2, 0.25) is 0 Å². The first kappa shape index (κ1) is 22.4. The molecule has 1 saturated carbocycles. The minimum Gasteiger partial charge on any atom is -0.548 e. The van der Waals surface area contributed by atoms with Gasteiger partial charge in [0, 0.05) is 6.04 Å². The van der Waals surface area contributed by atoms with Crippen molar-refractivity contribution in [1.82, 2.24) is 5.32 Å². The fraction of sp³-hybridized carbons (Fsp3) is 0.579. The highest BCUT2D eigenvalue weighted by molar-refractivity contribution is 5.86. The van der Waals surface area contributed by atoms with Crippen molar-refractivity contribution in [2.24, 2.45) is 11.7 Å². The van der Waals surface area contributed by atoms with Crippen molar-refractivity contribution in [1.29, 1.82) is 0 Å². The Kier molecular flexibility index (Phi) is 9.62. The molecule has 1 aliphatic rings. The van der Waals surface area contributed by atoms with Crippen LogP contribution in [0.3, 0.4) is 0 Å². The predicted octanol–water partition coefficient (Wildman–Crippen LogP) is 0.544. The maximum atomic E-state index is 12.2. The van der Waals surface area contributed by atoms with Crippen molar-refractivity contribution < 1.29 is 19.8 Å². The van der Waals surface area contributed by atoms with Crippen LogP contribution in [0.25, 0.3) is 0 Å². The van der Waals surface area contributed by atoms with Crippen LogP contribution in [0.1, 0.15) is 44.1 Å². The number of aliphatic hydroxyl groups excluding tert-OH is 1. The topological polar surface area (TPSA) is 115 Å². The van der Waals surface area contributed by atoms with Crippen LogP contribution in [0.15, 0.2) is 30.3 Å². The summed E-state index contributed by atoms with van der Waals surface area (Å²) in [5.74, 6) is -1.72. The van der Waals surface area contributed by atoms with E-state index in [1.807, 2.05) is 6.07 Å². The van der Waals surface area contributed by atoms with Gasteiger partial charge in [-0.05, 0) is 24.3 Å². The highest BCUT2D eigenvalue weighted by atomic mass is 35.5. The molecule has 1 aromatic carbocycles. The summed E-state index contributed by atoms with van der Waals surface area (Å²) >= 11 is 0. The lowest BCUT2D eigenvalue weighted by Crippen LogP contribution is -2.55. The molecule has 7 heteroatoms. The number of carboxylic acid groups (broad SMARTS) is 1. The third-order valence-corrected chi connectivity index (χ3v) is 4.89. The minimum atomic E-state index is -1.42. The van der Waals surface area contributed by atoms with E-state index >= 15 is 0 Å². The van der Waals surface area contributed by atoms with E-state index in [4.69, 9.17) is 5.73 Å². The predicted molar refractivity (Wildman–Crippen MR) is 99.5 cm³/mol. The number of aliphatic hydroxyl groups is 1. The molecule has 0 heterocycles. The van der Waals surface area contributed by atoms with Crippen LogP contribution in [0.5, 0.6) is 0 Å². The van der Waals surface area contributed by atoms with Gasteiger partial charge in [0.05, 0.1) is 12.0 Å². The summed E-state index contributed by atoms with van der Waals surface area (Å²) < 4.78 is 0. The first-order valence-corrected chi connectivity index (χ1v) is 8.96. The summed E-state index contributed by atoms with van der Waals surface area (Å²) in [5, 5.41) is 23.8. The lowest BCUT2D eigenvalue weighted by atomic mass is 9.84. The fourth-order valence-corrected chi connectivity index (χ4v) is 3.43. The van der Waals surface area contributed by atoms with E-state index < -0.39 is 30.1 Å². The lowest BCUT2D eigenvalue weighted by molar-refractivity contribution is -0.308. The summed E-state index contributed by atoms with van der Waals surface area (Å²) in [5.41, 5.74) is 6.74. The highest BCUT2D eigenvalue weighted by Gasteiger charge is 2.28. The van der Waals surface area contributed by atoms with E-state index in [1.54, 1.807) is 24.3 Å². The zero-order chi connectivity index (χ0) is 18.2. The number of hydrogen-bond acceptors (Lipinski definition) is 5. The number of hydrogen-bond donors (Lipinski definition) is 3. The largest absolute Gasteiger partial charge is 0.548 e. The van der Waals surface area contributed by atoms with E-state index in [-0.39, 0.29) is 18.8 Å². The van der Waals surface area contributed by atoms with Crippen LogP contribution >= 0.6 is 12.4 Å². The number of aliphatic carboxylic acids is 1. The van der Waals surface area contributed by atoms with Gasteiger partial charge in [-0.2, -0.15) is 0 Å². The Balaban J connectivity index is 0.00000338. The van der Waals surface area contributed by atoms with Gasteiger partial charge < -0.3 is 26.1 Å². The van der Waals surface area contributed by atoms with Crippen LogP contribution in [-0.2, 0) is 16.0 Å². The summed E-state index contributed by atoms with van der Waals surface area (Å²) in [7, 11) is 0. The molecule has 4 N–H and O–H groups in total. The standard InChI is InChI=1S/C19H28N2O4.ClH/c20-15(11-13-7-3-1-4-8-13)17(22)18(23)21-16(19(24)25)12-14-9-5-2-6-10-14;/h2,5-6,9-10,13,15-17,22H,1,3-4,7-8,11-12,20H2,(H,21,23)(H,24,25);1H/p-1. The molecule has 0 aliphatic heterocycles. The second-order valence-corrected chi connectivity index (χ2v) is 6.92. The van der Waals surface area contributed by atoms with Crippen molar-refractivity contribution in [2.45, 2.75) is 63.1 Å². The molecule has 3 atom stereocenters. The van der Waals surface area contributed by atoms with Crippen molar-refractivity contribution in [3.05, 3.63) is 35.9 Å². The van der Waals surface area contributed by atoms with E-state index in [2.05, 4.69) is 5.32 Å².